The Labute approximate surface area is 119 Å². The summed E-state index contributed by atoms with van der Waals surface area (Å²) in [5.74, 6) is -0.819. The molecule has 0 radical (unpaired) electrons. The highest BCUT2D eigenvalue weighted by atomic mass is 32.2. The van der Waals surface area contributed by atoms with Crippen molar-refractivity contribution in [2.45, 2.75) is 12.8 Å². The molecule has 20 heavy (non-hydrogen) atoms. The summed E-state index contributed by atoms with van der Waals surface area (Å²) in [7, 11) is -3.50. The van der Waals surface area contributed by atoms with Gasteiger partial charge in [-0.25, -0.2) is 8.42 Å². The van der Waals surface area contributed by atoms with Crippen molar-refractivity contribution in [3.05, 3.63) is 41.3 Å². The van der Waals surface area contributed by atoms with E-state index >= 15 is 0 Å². The third-order valence-corrected chi connectivity index (χ3v) is 4.91. The summed E-state index contributed by atoms with van der Waals surface area (Å²) in [4.78, 5) is 11.2. The van der Waals surface area contributed by atoms with Gasteiger partial charge in [0.05, 0.1) is 5.92 Å². The molecule has 5 nitrogen and oxygen atoms in total. The number of carbonyl (C=O) groups excluding carboxylic acids is 1. The third-order valence-electron chi connectivity index (χ3n) is 3.38. The van der Waals surface area contributed by atoms with Crippen molar-refractivity contribution in [1.29, 1.82) is 0 Å². The molecular formula is C14H18N2O3S. The molecule has 0 saturated carbocycles. The van der Waals surface area contributed by atoms with Gasteiger partial charge in [0.2, 0.25) is 15.9 Å². The molecule has 1 aromatic carbocycles. The number of sulfonamides is 1. The molecule has 1 aliphatic rings. The van der Waals surface area contributed by atoms with Crippen LogP contribution in [0.1, 0.15) is 18.4 Å². The molecule has 2 N–H and O–H groups in total. The van der Waals surface area contributed by atoms with Gasteiger partial charge in [-0.05, 0) is 24.5 Å². The average Bonchev–Trinajstić information content (AvgIpc) is 2.46. The Morgan fingerprint density at radius 1 is 1.30 bits per heavy atom. The molecule has 2 rings (SSSR count). The summed E-state index contributed by atoms with van der Waals surface area (Å²) >= 11 is 0. The number of nitrogens with zero attached hydrogens (tertiary/aromatic N) is 1. The minimum Gasteiger partial charge on any atom is -0.369 e. The van der Waals surface area contributed by atoms with Crippen LogP contribution < -0.4 is 5.73 Å². The van der Waals surface area contributed by atoms with E-state index in [-0.39, 0.29) is 12.5 Å². The van der Waals surface area contributed by atoms with E-state index in [4.69, 9.17) is 5.73 Å². The van der Waals surface area contributed by atoms with E-state index in [1.807, 2.05) is 30.3 Å². The van der Waals surface area contributed by atoms with Crippen LogP contribution in [-0.4, -0.2) is 31.7 Å². The van der Waals surface area contributed by atoms with Crippen LogP contribution in [0.4, 0.5) is 0 Å². The third kappa shape index (κ3) is 3.68. The topological polar surface area (TPSA) is 80.5 Å². The van der Waals surface area contributed by atoms with Crippen LogP contribution in [0.15, 0.2) is 35.7 Å². The van der Waals surface area contributed by atoms with Crippen molar-refractivity contribution >= 4 is 22.0 Å². The molecule has 0 aromatic heterocycles. The lowest BCUT2D eigenvalue weighted by Gasteiger charge is -2.29. The number of amides is 1. The van der Waals surface area contributed by atoms with E-state index in [9.17, 15) is 13.2 Å². The Bertz CT molecular complexity index is 596. The fourth-order valence-corrected chi connectivity index (χ4v) is 3.49. The van der Waals surface area contributed by atoms with Gasteiger partial charge in [-0.2, -0.15) is 4.31 Å². The summed E-state index contributed by atoms with van der Waals surface area (Å²) in [5, 5.41) is 1.19. The lowest BCUT2D eigenvalue weighted by molar-refractivity contribution is -0.122. The highest BCUT2D eigenvalue weighted by Gasteiger charge is 2.29. The van der Waals surface area contributed by atoms with Crippen molar-refractivity contribution in [2.24, 2.45) is 11.7 Å². The van der Waals surface area contributed by atoms with E-state index in [0.29, 0.717) is 19.4 Å². The Morgan fingerprint density at radius 3 is 2.65 bits per heavy atom. The second kappa shape index (κ2) is 6.19. The zero-order valence-corrected chi connectivity index (χ0v) is 11.9. The van der Waals surface area contributed by atoms with Crippen molar-refractivity contribution in [3.8, 4) is 0 Å². The first-order chi connectivity index (χ1) is 9.49. The van der Waals surface area contributed by atoms with Crippen LogP contribution >= 0.6 is 0 Å². The van der Waals surface area contributed by atoms with Crippen LogP contribution in [0.25, 0.3) is 6.08 Å². The zero-order chi connectivity index (χ0) is 14.6. The molecule has 1 amide bonds. The lowest BCUT2D eigenvalue weighted by atomic mass is 9.99. The maximum atomic E-state index is 12.2. The Hall–Kier alpha value is -1.66. The number of piperidine rings is 1. The summed E-state index contributed by atoms with van der Waals surface area (Å²) in [6.07, 6.45) is 2.87. The number of primary amides is 1. The number of hydrogen-bond donors (Lipinski definition) is 1. The summed E-state index contributed by atoms with van der Waals surface area (Å²) in [6.45, 7) is 0.613. The van der Waals surface area contributed by atoms with Crippen molar-refractivity contribution in [1.82, 2.24) is 4.31 Å². The quantitative estimate of drug-likeness (QED) is 0.905. The second-order valence-electron chi connectivity index (χ2n) is 4.86. The first-order valence-electron chi connectivity index (χ1n) is 6.51. The molecule has 1 fully saturated rings. The van der Waals surface area contributed by atoms with Gasteiger partial charge in [0.1, 0.15) is 0 Å². The van der Waals surface area contributed by atoms with Gasteiger partial charge in [0.15, 0.2) is 0 Å². The van der Waals surface area contributed by atoms with Crippen LogP contribution in [0.3, 0.4) is 0 Å². The van der Waals surface area contributed by atoms with E-state index in [1.54, 1.807) is 6.08 Å². The van der Waals surface area contributed by atoms with Gasteiger partial charge in [-0.1, -0.05) is 30.3 Å². The molecule has 1 atom stereocenters. The molecule has 1 aliphatic heterocycles. The maximum absolute atomic E-state index is 12.2. The molecule has 0 bridgehead atoms. The summed E-state index contributed by atoms with van der Waals surface area (Å²) in [5.41, 5.74) is 6.08. The normalized spacial score (nSPS) is 21.1. The van der Waals surface area contributed by atoms with Gasteiger partial charge in [-0.3, -0.25) is 4.79 Å². The number of nitrogens with two attached hydrogens (primary N) is 1. The van der Waals surface area contributed by atoms with Crippen LogP contribution in [-0.2, 0) is 14.8 Å². The van der Waals surface area contributed by atoms with E-state index < -0.39 is 15.9 Å². The Balaban J connectivity index is 2.10. The molecule has 108 valence electrons. The van der Waals surface area contributed by atoms with Gasteiger partial charge < -0.3 is 5.73 Å². The monoisotopic (exact) mass is 294 g/mol. The Morgan fingerprint density at radius 2 is 2.00 bits per heavy atom. The minimum atomic E-state index is -3.50. The maximum Gasteiger partial charge on any atom is 0.236 e. The highest BCUT2D eigenvalue weighted by Crippen LogP contribution is 2.20. The Kier molecular flexibility index (Phi) is 4.57. The van der Waals surface area contributed by atoms with E-state index in [0.717, 1.165) is 5.56 Å². The highest BCUT2D eigenvalue weighted by molar-refractivity contribution is 7.92. The first kappa shape index (κ1) is 14.7. The van der Waals surface area contributed by atoms with Crippen molar-refractivity contribution < 1.29 is 13.2 Å². The van der Waals surface area contributed by atoms with E-state index in [2.05, 4.69) is 0 Å². The smallest absolute Gasteiger partial charge is 0.236 e. The van der Waals surface area contributed by atoms with Gasteiger partial charge >= 0.3 is 0 Å². The second-order valence-corrected chi connectivity index (χ2v) is 6.68. The van der Waals surface area contributed by atoms with Gasteiger partial charge in [-0.15, -0.1) is 0 Å². The number of carbonyl (C=O) groups is 1. The standard InChI is InChI=1S/C14H18N2O3S/c15-14(17)13-7-4-9-16(11-13)20(18,19)10-8-12-5-2-1-3-6-12/h1-3,5-6,8,10,13H,4,7,9,11H2,(H2,15,17)/b10-8+/t13-/m0/s1. The molecule has 1 aromatic rings. The molecule has 0 spiro atoms. The SMILES string of the molecule is NC(=O)[C@H]1CCCN(S(=O)(=O)/C=C/c2ccccc2)C1. The molecule has 0 aliphatic carbocycles. The number of hydrogen-bond acceptors (Lipinski definition) is 3. The largest absolute Gasteiger partial charge is 0.369 e. The molecule has 6 heteroatoms. The molecule has 1 heterocycles. The fourth-order valence-electron chi connectivity index (χ4n) is 2.22. The predicted molar refractivity (Wildman–Crippen MR) is 77.9 cm³/mol. The van der Waals surface area contributed by atoms with Crippen molar-refractivity contribution in [2.75, 3.05) is 13.1 Å². The average molecular weight is 294 g/mol. The van der Waals surface area contributed by atoms with E-state index in [1.165, 1.54) is 9.71 Å². The molecular weight excluding hydrogens is 276 g/mol. The number of rotatable bonds is 4. The predicted octanol–water partition coefficient (Wildman–Crippen LogP) is 1.18. The molecule has 0 unspecified atom stereocenters. The fraction of sp³-hybridized carbons (Fsp3) is 0.357. The van der Waals surface area contributed by atoms with Crippen LogP contribution in [0, 0.1) is 5.92 Å². The summed E-state index contributed by atoms with van der Waals surface area (Å²) in [6, 6.07) is 9.21. The van der Waals surface area contributed by atoms with Crippen LogP contribution in [0.2, 0.25) is 0 Å². The number of benzene rings is 1. The summed E-state index contributed by atoms with van der Waals surface area (Å²) < 4.78 is 25.8. The van der Waals surface area contributed by atoms with Crippen LogP contribution in [0.5, 0.6) is 0 Å². The minimum absolute atomic E-state index is 0.177. The van der Waals surface area contributed by atoms with Gasteiger partial charge in [0, 0.05) is 18.5 Å². The first-order valence-corrected chi connectivity index (χ1v) is 8.02. The van der Waals surface area contributed by atoms with Crippen molar-refractivity contribution in [3.63, 3.8) is 0 Å². The zero-order valence-electron chi connectivity index (χ0n) is 11.1. The lowest BCUT2D eigenvalue weighted by Crippen LogP contribution is -2.43. The van der Waals surface area contributed by atoms with Gasteiger partial charge in [0.25, 0.3) is 0 Å². The molecule has 1 saturated heterocycles.